The molecule has 0 aromatic heterocycles. The highest BCUT2D eigenvalue weighted by Gasteiger charge is 2.27. The number of carbonyl (C=O) groups is 1. The Bertz CT molecular complexity index is 1210. The second-order valence-corrected chi connectivity index (χ2v) is 11.2. The molecule has 1 N–H and O–H groups in total. The molecule has 0 unspecified atom stereocenters. The topological polar surface area (TPSA) is 66.5 Å². The van der Waals surface area contributed by atoms with E-state index in [4.69, 9.17) is 11.6 Å². The Morgan fingerprint density at radius 1 is 0.939 bits per heavy atom. The maximum absolute atomic E-state index is 13.4. The van der Waals surface area contributed by atoms with Crippen LogP contribution in [0.1, 0.15) is 16.7 Å². The van der Waals surface area contributed by atoms with Crippen LogP contribution in [0.15, 0.2) is 76.5 Å². The summed E-state index contributed by atoms with van der Waals surface area (Å²) >= 11 is 7.49. The van der Waals surface area contributed by atoms with Crippen molar-refractivity contribution < 1.29 is 13.2 Å². The van der Waals surface area contributed by atoms with Crippen LogP contribution < -0.4 is 9.62 Å². The molecular formula is C25H27ClN2O3S2. The molecule has 3 aromatic rings. The van der Waals surface area contributed by atoms with Gasteiger partial charge < -0.3 is 5.32 Å². The predicted molar refractivity (Wildman–Crippen MR) is 137 cm³/mol. The van der Waals surface area contributed by atoms with Gasteiger partial charge in [0.15, 0.2) is 0 Å². The highest BCUT2D eigenvalue weighted by Crippen LogP contribution is 2.26. The third-order valence-electron chi connectivity index (χ3n) is 5.18. The number of benzene rings is 3. The standard InChI is InChI=1S/C25H27ClN2O3S2/c1-18-4-12-24(13-5-18)33(30,31)28(22-9-6-19(2)20(3)16-22)17-25(29)27-14-15-32-23-10-7-21(26)8-11-23/h4-13,16H,14-15,17H2,1-3H3,(H,27,29). The lowest BCUT2D eigenvalue weighted by molar-refractivity contribution is -0.119. The summed E-state index contributed by atoms with van der Waals surface area (Å²) in [5, 5.41) is 3.51. The third-order valence-corrected chi connectivity index (χ3v) is 8.24. The lowest BCUT2D eigenvalue weighted by Gasteiger charge is -2.25. The fourth-order valence-electron chi connectivity index (χ4n) is 3.11. The molecule has 0 atom stereocenters. The first-order valence-corrected chi connectivity index (χ1v) is 13.3. The van der Waals surface area contributed by atoms with E-state index in [1.165, 1.54) is 4.31 Å². The van der Waals surface area contributed by atoms with Gasteiger partial charge in [0.05, 0.1) is 10.6 Å². The van der Waals surface area contributed by atoms with Gasteiger partial charge in [-0.1, -0.05) is 35.4 Å². The number of nitrogens with one attached hydrogen (secondary N) is 1. The van der Waals surface area contributed by atoms with Crippen LogP contribution in [0.25, 0.3) is 0 Å². The Labute approximate surface area is 205 Å². The number of hydrogen-bond donors (Lipinski definition) is 1. The molecule has 0 aliphatic rings. The molecule has 1 amide bonds. The van der Waals surface area contributed by atoms with Gasteiger partial charge in [-0.3, -0.25) is 9.10 Å². The predicted octanol–water partition coefficient (Wildman–Crippen LogP) is 5.37. The van der Waals surface area contributed by atoms with E-state index in [1.807, 2.05) is 51.1 Å². The number of rotatable bonds is 9. The molecule has 0 fully saturated rings. The Balaban J connectivity index is 1.73. The maximum Gasteiger partial charge on any atom is 0.264 e. The first-order valence-electron chi connectivity index (χ1n) is 10.5. The molecule has 0 aliphatic heterocycles. The first kappa shape index (κ1) is 25.1. The number of aryl methyl sites for hydroxylation is 3. The Morgan fingerprint density at radius 2 is 1.61 bits per heavy atom. The SMILES string of the molecule is Cc1ccc(S(=O)(=O)N(CC(=O)NCCSc2ccc(Cl)cc2)c2ccc(C)c(C)c2)cc1. The molecule has 0 bridgehead atoms. The number of carbonyl (C=O) groups excluding carboxylic acids is 1. The zero-order valence-electron chi connectivity index (χ0n) is 18.8. The molecule has 0 saturated heterocycles. The summed E-state index contributed by atoms with van der Waals surface area (Å²) in [5.41, 5.74) is 3.43. The monoisotopic (exact) mass is 502 g/mol. The Hall–Kier alpha value is -2.48. The number of nitrogens with zero attached hydrogens (tertiary/aromatic N) is 1. The van der Waals surface area contributed by atoms with Crippen molar-refractivity contribution in [3.8, 4) is 0 Å². The molecule has 3 rings (SSSR count). The van der Waals surface area contributed by atoms with Crippen molar-refractivity contribution in [2.75, 3.05) is 23.1 Å². The van der Waals surface area contributed by atoms with E-state index in [9.17, 15) is 13.2 Å². The molecule has 5 nitrogen and oxygen atoms in total. The molecule has 33 heavy (non-hydrogen) atoms. The molecule has 0 radical (unpaired) electrons. The average Bonchev–Trinajstić information content (AvgIpc) is 2.78. The van der Waals surface area contributed by atoms with Crippen LogP contribution in [0.4, 0.5) is 5.69 Å². The van der Waals surface area contributed by atoms with Crippen molar-refractivity contribution in [3.05, 3.63) is 88.4 Å². The summed E-state index contributed by atoms with van der Waals surface area (Å²) in [4.78, 5) is 13.9. The summed E-state index contributed by atoms with van der Waals surface area (Å²) < 4.78 is 28.1. The fraction of sp³-hybridized carbons (Fsp3) is 0.240. The highest BCUT2D eigenvalue weighted by molar-refractivity contribution is 7.99. The van der Waals surface area contributed by atoms with Gasteiger partial charge in [0.25, 0.3) is 10.0 Å². The minimum absolute atomic E-state index is 0.150. The van der Waals surface area contributed by atoms with E-state index in [0.29, 0.717) is 23.0 Å². The van der Waals surface area contributed by atoms with Crippen molar-refractivity contribution in [3.63, 3.8) is 0 Å². The Morgan fingerprint density at radius 3 is 2.24 bits per heavy atom. The lowest BCUT2D eigenvalue weighted by atomic mass is 10.1. The van der Waals surface area contributed by atoms with E-state index < -0.39 is 10.0 Å². The summed E-state index contributed by atoms with van der Waals surface area (Å²) in [6, 6.07) is 19.5. The van der Waals surface area contributed by atoms with Crippen LogP contribution >= 0.6 is 23.4 Å². The van der Waals surface area contributed by atoms with Crippen molar-refractivity contribution in [2.45, 2.75) is 30.6 Å². The van der Waals surface area contributed by atoms with Gasteiger partial charge in [-0.05, 0) is 80.4 Å². The van der Waals surface area contributed by atoms with E-state index in [2.05, 4.69) is 5.32 Å². The number of halogens is 1. The molecular weight excluding hydrogens is 476 g/mol. The smallest absolute Gasteiger partial charge is 0.264 e. The Kier molecular flexibility index (Phi) is 8.46. The van der Waals surface area contributed by atoms with Gasteiger partial charge in [-0.15, -0.1) is 11.8 Å². The number of amides is 1. The second kappa shape index (κ2) is 11.1. The fourth-order valence-corrected chi connectivity index (χ4v) is 5.42. The quantitative estimate of drug-likeness (QED) is 0.315. The van der Waals surface area contributed by atoms with E-state index >= 15 is 0 Å². The summed E-state index contributed by atoms with van der Waals surface area (Å²) in [5.74, 6) is 0.294. The van der Waals surface area contributed by atoms with Crippen molar-refractivity contribution in [1.82, 2.24) is 5.32 Å². The molecule has 3 aromatic carbocycles. The molecule has 0 spiro atoms. The number of anilines is 1. The second-order valence-electron chi connectivity index (χ2n) is 7.75. The van der Waals surface area contributed by atoms with Gasteiger partial charge in [-0.25, -0.2) is 8.42 Å². The van der Waals surface area contributed by atoms with E-state index in [-0.39, 0.29) is 17.3 Å². The molecule has 0 saturated carbocycles. The molecule has 0 heterocycles. The highest BCUT2D eigenvalue weighted by atomic mass is 35.5. The van der Waals surface area contributed by atoms with E-state index in [0.717, 1.165) is 21.6 Å². The lowest BCUT2D eigenvalue weighted by Crippen LogP contribution is -2.41. The van der Waals surface area contributed by atoms with Crippen LogP contribution in [-0.4, -0.2) is 33.2 Å². The minimum Gasteiger partial charge on any atom is -0.354 e. The van der Waals surface area contributed by atoms with Crippen LogP contribution in [0.2, 0.25) is 5.02 Å². The van der Waals surface area contributed by atoms with Crippen LogP contribution in [0, 0.1) is 20.8 Å². The van der Waals surface area contributed by atoms with Gasteiger partial charge in [0, 0.05) is 22.2 Å². The van der Waals surface area contributed by atoms with Crippen LogP contribution in [0.3, 0.4) is 0 Å². The maximum atomic E-state index is 13.4. The molecule has 0 aliphatic carbocycles. The van der Waals surface area contributed by atoms with E-state index in [1.54, 1.807) is 48.2 Å². The van der Waals surface area contributed by atoms with Crippen LogP contribution in [-0.2, 0) is 14.8 Å². The normalized spacial score (nSPS) is 11.3. The third kappa shape index (κ3) is 6.76. The zero-order valence-corrected chi connectivity index (χ0v) is 21.2. The number of thioether (sulfide) groups is 1. The molecule has 8 heteroatoms. The van der Waals surface area contributed by atoms with Crippen molar-refractivity contribution in [1.29, 1.82) is 0 Å². The van der Waals surface area contributed by atoms with Gasteiger partial charge in [0.1, 0.15) is 6.54 Å². The van der Waals surface area contributed by atoms with Crippen molar-refractivity contribution in [2.24, 2.45) is 0 Å². The van der Waals surface area contributed by atoms with Gasteiger partial charge >= 0.3 is 0 Å². The average molecular weight is 503 g/mol. The largest absolute Gasteiger partial charge is 0.354 e. The number of sulfonamides is 1. The summed E-state index contributed by atoms with van der Waals surface area (Å²) in [6.07, 6.45) is 0. The first-order chi connectivity index (χ1) is 15.7. The molecule has 174 valence electrons. The van der Waals surface area contributed by atoms with Gasteiger partial charge in [-0.2, -0.15) is 0 Å². The van der Waals surface area contributed by atoms with Crippen molar-refractivity contribution >= 4 is 45.0 Å². The number of hydrogen-bond acceptors (Lipinski definition) is 4. The summed E-state index contributed by atoms with van der Waals surface area (Å²) in [7, 11) is -3.92. The van der Waals surface area contributed by atoms with Gasteiger partial charge in [0.2, 0.25) is 5.91 Å². The summed E-state index contributed by atoms with van der Waals surface area (Å²) in [6.45, 7) is 5.89. The zero-order chi connectivity index (χ0) is 24.0. The van der Waals surface area contributed by atoms with Crippen LogP contribution in [0.5, 0.6) is 0 Å². The minimum atomic E-state index is -3.92.